The Morgan fingerprint density at radius 1 is 1.24 bits per heavy atom. The van der Waals surface area contributed by atoms with Crippen molar-refractivity contribution in [3.8, 4) is 5.75 Å². The van der Waals surface area contributed by atoms with Gasteiger partial charge in [-0.1, -0.05) is 30.7 Å². The molecule has 110 valence electrons. The number of hydrogen-bond donors (Lipinski definition) is 1. The normalized spacial score (nSPS) is 11.8. The fourth-order valence-corrected chi connectivity index (χ4v) is 1.95. The van der Waals surface area contributed by atoms with Crippen LogP contribution in [0.5, 0.6) is 5.75 Å². The number of hydrogen-bond acceptors (Lipinski definition) is 2. The highest BCUT2D eigenvalue weighted by atomic mass is 35.5. The van der Waals surface area contributed by atoms with Crippen LogP contribution in [0.3, 0.4) is 0 Å². The lowest BCUT2D eigenvalue weighted by atomic mass is 10.2. The molecule has 0 bridgehead atoms. The number of benzene rings is 2. The smallest absolute Gasteiger partial charge is 0.265 e. The van der Waals surface area contributed by atoms with E-state index in [0.29, 0.717) is 22.9 Å². The lowest BCUT2D eigenvalue weighted by molar-refractivity contribution is -0.122. The van der Waals surface area contributed by atoms with Crippen molar-refractivity contribution in [3.05, 3.63) is 59.4 Å². The molecular formula is C16H15ClFNO2. The summed E-state index contributed by atoms with van der Waals surface area (Å²) in [6.45, 7) is 1.84. The molecule has 0 aliphatic carbocycles. The summed E-state index contributed by atoms with van der Waals surface area (Å²) in [4.78, 5) is 12.2. The van der Waals surface area contributed by atoms with Crippen LogP contribution in [0.2, 0.25) is 5.02 Å². The zero-order chi connectivity index (χ0) is 15.2. The molecule has 0 spiro atoms. The Kier molecular flexibility index (Phi) is 5.17. The Balaban J connectivity index is 2.05. The van der Waals surface area contributed by atoms with Crippen LogP contribution in [0.15, 0.2) is 48.5 Å². The average Bonchev–Trinajstić information content (AvgIpc) is 2.48. The number of rotatable bonds is 5. The quantitative estimate of drug-likeness (QED) is 0.895. The first-order valence-electron chi connectivity index (χ1n) is 6.57. The summed E-state index contributed by atoms with van der Waals surface area (Å²) in [6.07, 6.45) is -0.187. The zero-order valence-electron chi connectivity index (χ0n) is 11.5. The van der Waals surface area contributed by atoms with Crippen molar-refractivity contribution in [1.29, 1.82) is 0 Å². The molecular weight excluding hydrogens is 293 g/mol. The second-order valence-corrected chi connectivity index (χ2v) is 4.85. The number of nitrogens with one attached hydrogen (secondary N) is 1. The summed E-state index contributed by atoms with van der Waals surface area (Å²) in [5.74, 6) is -0.198. The third-order valence-electron chi connectivity index (χ3n) is 2.88. The average molecular weight is 308 g/mol. The van der Waals surface area contributed by atoms with Gasteiger partial charge in [-0.2, -0.15) is 0 Å². The monoisotopic (exact) mass is 307 g/mol. The molecule has 2 aromatic rings. The summed E-state index contributed by atoms with van der Waals surface area (Å²) in [6, 6.07) is 12.5. The van der Waals surface area contributed by atoms with Gasteiger partial charge in [0.25, 0.3) is 5.91 Å². The molecule has 0 aliphatic heterocycles. The van der Waals surface area contributed by atoms with E-state index in [1.807, 2.05) is 6.92 Å². The van der Waals surface area contributed by atoms with Gasteiger partial charge < -0.3 is 10.1 Å². The van der Waals surface area contributed by atoms with Gasteiger partial charge >= 0.3 is 0 Å². The second kappa shape index (κ2) is 7.09. The van der Waals surface area contributed by atoms with Crippen LogP contribution < -0.4 is 10.1 Å². The zero-order valence-corrected chi connectivity index (χ0v) is 12.2. The highest BCUT2D eigenvalue weighted by molar-refractivity contribution is 6.32. The van der Waals surface area contributed by atoms with Crippen molar-refractivity contribution in [2.24, 2.45) is 0 Å². The molecule has 1 N–H and O–H groups in total. The molecule has 2 aromatic carbocycles. The fourth-order valence-electron chi connectivity index (χ4n) is 1.77. The maximum absolute atomic E-state index is 12.8. The summed E-state index contributed by atoms with van der Waals surface area (Å²) < 4.78 is 18.5. The minimum absolute atomic E-state index is 0.302. The Morgan fingerprint density at radius 3 is 2.52 bits per heavy atom. The molecule has 3 nitrogen and oxygen atoms in total. The van der Waals surface area contributed by atoms with E-state index in [0.717, 1.165) is 0 Å². The summed E-state index contributed by atoms with van der Waals surface area (Å²) >= 11 is 6.01. The van der Waals surface area contributed by atoms with Gasteiger partial charge in [-0.3, -0.25) is 4.79 Å². The number of carbonyl (C=O) groups excluding carboxylic acids is 1. The Labute approximate surface area is 127 Å². The number of ether oxygens (including phenoxy) is 1. The van der Waals surface area contributed by atoms with E-state index in [4.69, 9.17) is 16.3 Å². The highest BCUT2D eigenvalue weighted by Gasteiger charge is 2.19. The van der Waals surface area contributed by atoms with E-state index >= 15 is 0 Å². The molecule has 1 amide bonds. The van der Waals surface area contributed by atoms with Crippen molar-refractivity contribution in [1.82, 2.24) is 0 Å². The Bertz CT molecular complexity index is 616. The van der Waals surface area contributed by atoms with Crippen LogP contribution in [0.25, 0.3) is 0 Å². The summed E-state index contributed by atoms with van der Waals surface area (Å²) in [5.41, 5.74) is 0.516. The molecule has 1 atom stereocenters. The molecule has 0 saturated heterocycles. The number of para-hydroxylation sites is 1. The van der Waals surface area contributed by atoms with Crippen LogP contribution in [-0.4, -0.2) is 12.0 Å². The standard InChI is InChI=1S/C16H15ClFNO2/c1-2-14(21-15-6-4-3-5-13(15)17)16(20)19-12-9-7-11(18)8-10-12/h3-10,14H,2H2,1H3,(H,19,20)/t14-/m0/s1. The third kappa shape index (κ3) is 4.20. The fraction of sp³-hybridized carbons (Fsp3) is 0.188. The summed E-state index contributed by atoms with van der Waals surface area (Å²) in [5, 5.41) is 3.14. The number of amides is 1. The van der Waals surface area contributed by atoms with Gasteiger partial charge in [0.1, 0.15) is 11.6 Å². The van der Waals surface area contributed by atoms with Crippen molar-refractivity contribution in [2.45, 2.75) is 19.4 Å². The molecule has 21 heavy (non-hydrogen) atoms. The van der Waals surface area contributed by atoms with Gasteiger partial charge in [0, 0.05) is 5.69 Å². The van der Waals surface area contributed by atoms with Crippen LogP contribution in [0.4, 0.5) is 10.1 Å². The van der Waals surface area contributed by atoms with Gasteiger partial charge in [-0.25, -0.2) is 4.39 Å². The molecule has 0 radical (unpaired) electrons. The first kappa shape index (κ1) is 15.3. The predicted molar refractivity (Wildman–Crippen MR) is 81.2 cm³/mol. The van der Waals surface area contributed by atoms with Crippen molar-refractivity contribution >= 4 is 23.2 Å². The predicted octanol–water partition coefficient (Wildman–Crippen LogP) is 4.28. The SMILES string of the molecule is CC[C@H](Oc1ccccc1Cl)C(=O)Nc1ccc(F)cc1. The summed E-state index contributed by atoms with van der Waals surface area (Å²) in [7, 11) is 0. The van der Waals surface area contributed by atoms with Crippen LogP contribution in [-0.2, 0) is 4.79 Å². The van der Waals surface area contributed by atoms with E-state index in [2.05, 4.69) is 5.32 Å². The first-order valence-corrected chi connectivity index (χ1v) is 6.95. The molecule has 0 aromatic heterocycles. The van der Waals surface area contributed by atoms with Gasteiger partial charge in [-0.05, 0) is 42.8 Å². The molecule has 0 heterocycles. The minimum atomic E-state index is -0.671. The van der Waals surface area contributed by atoms with Gasteiger partial charge in [0.2, 0.25) is 0 Å². The van der Waals surface area contributed by atoms with Crippen LogP contribution in [0.1, 0.15) is 13.3 Å². The molecule has 0 unspecified atom stereocenters. The van der Waals surface area contributed by atoms with Gasteiger partial charge in [-0.15, -0.1) is 0 Å². The molecule has 2 rings (SSSR count). The van der Waals surface area contributed by atoms with E-state index < -0.39 is 6.10 Å². The molecule has 0 aliphatic rings. The van der Waals surface area contributed by atoms with Gasteiger partial charge in [0.05, 0.1) is 5.02 Å². The first-order chi connectivity index (χ1) is 10.1. The molecule has 0 saturated carbocycles. The van der Waals surface area contributed by atoms with E-state index in [1.165, 1.54) is 24.3 Å². The van der Waals surface area contributed by atoms with Crippen LogP contribution in [0, 0.1) is 5.82 Å². The topological polar surface area (TPSA) is 38.3 Å². The molecule has 0 fully saturated rings. The van der Waals surface area contributed by atoms with E-state index in [-0.39, 0.29) is 11.7 Å². The van der Waals surface area contributed by atoms with E-state index in [1.54, 1.807) is 24.3 Å². The van der Waals surface area contributed by atoms with E-state index in [9.17, 15) is 9.18 Å². The second-order valence-electron chi connectivity index (χ2n) is 4.44. The van der Waals surface area contributed by atoms with Gasteiger partial charge in [0.15, 0.2) is 6.10 Å². The van der Waals surface area contributed by atoms with Crippen molar-refractivity contribution in [2.75, 3.05) is 5.32 Å². The lowest BCUT2D eigenvalue weighted by Crippen LogP contribution is -2.32. The van der Waals surface area contributed by atoms with Crippen molar-refractivity contribution < 1.29 is 13.9 Å². The molecule has 5 heteroatoms. The maximum Gasteiger partial charge on any atom is 0.265 e. The number of halogens is 2. The minimum Gasteiger partial charge on any atom is -0.479 e. The lowest BCUT2D eigenvalue weighted by Gasteiger charge is -2.18. The Morgan fingerprint density at radius 2 is 1.90 bits per heavy atom. The largest absolute Gasteiger partial charge is 0.479 e. The third-order valence-corrected chi connectivity index (χ3v) is 3.19. The number of anilines is 1. The van der Waals surface area contributed by atoms with Crippen LogP contribution >= 0.6 is 11.6 Å². The maximum atomic E-state index is 12.8. The Hall–Kier alpha value is -2.07. The van der Waals surface area contributed by atoms with Crippen molar-refractivity contribution in [3.63, 3.8) is 0 Å². The number of carbonyl (C=O) groups is 1. The highest BCUT2D eigenvalue weighted by Crippen LogP contribution is 2.25.